The van der Waals surface area contributed by atoms with Crippen LogP contribution in [0.15, 0.2) is 66.9 Å². The Kier molecular flexibility index (Phi) is 5.74. The van der Waals surface area contributed by atoms with E-state index in [4.69, 9.17) is 16.6 Å². The highest BCUT2D eigenvalue weighted by Gasteiger charge is 2.21. The number of benzene rings is 2. The molecule has 0 amide bonds. The summed E-state index contributed by atoms with van der Waals surface area (Å²) in [6, 6.07) is 20.3. The first-order valence-corrected chi connectivity index (χ1v) is 10.7. The zero-order valence-electron chi connectivity index (χ0n) is 17.8. The number of hydrogen-bond acceptors (Lipinski definition) is 2. The molecule has 0 aliphatic heterocycles. The van der Waals surface area contributed by atoms with Gasteiger partial charge in [0.1, 0.15) is 11.5 Å². The number of halogens is 1. The fourth-order valence-corrected chi connectivity index (χ4v) is 3.96. The van der Waals surface area contributed by atoms with Gasteiger partial charge in [-0.05, 0) is 47.2 Å². The lowest BCUT2D eigenvalue weighted by Gasteiger charge is -2.18. The number of H-pyrrole nitrogens is 1. The number of aromatic nitrogens is 3. The van der Waals surface area contributed by atoms with Crippen molar-refractivity contribution in [2.24, 2.45) is 0 Å². The number of aromatic amines is 1. The molecule has 0 saturated heterocycles. The third-order valence-electron chi connectivity index (χ3n) is 5.35. The van der Waals surface area contributed by atoms with Crippen LogP contribution in [0.25, 0.3) is 34.0 Å². The van der Waals surface area contributed by atoms with Gasteiger partial charge in [-0.15, -0.1) is 0 Å². The van der Waals surface area contributed by atoms with Crippen molar-refractivity contribution in [3.8, 4) is 34.0 Å². The minimum Gasteiger partial charge on any atom is -0.337 e. The third kappa shape index (κ3) is 3.90. The van der Waals surface area contributed by atoms with Crippen molar-refractivity contribution in [1.82, 2.24) is 15.0 Å². The van der Waals surface area contributed by atoms with E-state index >= 15 is 0 Å². The predicted molar refractivity (Wildman–Crippen MR) is 126 cm³/mol. The van der Waals surface area contributed by atoms with Crippen LogP contribution in [0.3, 0.4) is 0 Å². The fraction of sp³-hybridized carbons (Fsp3) is 0.231. The highest BCUT2D eigenvalue weighted by atomic mass is 35.5. The summed E-state index contributed by atoms with van der Waals surface area (Å²) in [6.07, 6.45) is 1.80. The minimum atomic E-state index is 0.390. The molecule has 0 atom stereocenters. The molecule has 2 aromatic carbocycles. The van der Waals surface area contributed by atoms with Crippen LogP contribution in [0.5, 0.6) is 0 Å². The SMILES string of the molecule is CC(C)c1cccc(C(C)C)c1-c1nc(-c2ccccn2)c(-c2ccc(Cl)cc2)[nH]1. The van der Waals surface area contributed by atoms with Crippen molar-refractivity contribution < 1.29 is 0 Å². The van der Waals surface area contributed by atoms with E-state index in [2.05, 4.69) is 55.9 Å². The Bertz CT molecular complexity index is 1120. The molecule has 0 aliphatic carbocycles. The predicted octanol–water partition coefficient (Wildman–Crippen LogP) is 7.71. The number of nitrogens with one attached hydrogen (secondary N) is 1. The molecule has 0 saturated carbocycles. The van der Waals surface area contributed by atoms with E-state index in [9.17, 15) is 0 Å². The van der Waals surface area contributed by atoms with E-state index in [1.165, 1.54) is 16.7 Å². The van der Waals surface area contributed by atoms with Gasteiger partial charge in [0.2, 0.25) is 0 Å². The first kappa shape index (κ1) is 20.4. The summed E-state index contributed by atoms with van der Waals surface area (Å²) in [7, 11) is 0. The molecule has 3 nitrogen and oxygen atoms in total. The van der Waals surface area contributed by atoms with Gasteiger partial charge in [0.15, 0.2) is 0 Å². The van der Waals surface area contributed by atoms with Gasteiger partial charge in [-0.1, -0.05) is 75.7 Å². The maximum absolute atomic E-state index is 6.13. The average Bonchev–Trinajstić information content (AvgIpc) is 3.19. The molecule has 0 unspecified atom stereocenters. The maximum Gasteiger partial charge on any atom is 0.139 e. The molecular weight excluding hydrogens is 390 g/mol. The molecule has 0 fully saturated rings. The van der Waals surface area contributed by atoms with E-state index in [0.717, 1.165) is 28.5 Å². The molecule has 4 aromatic rings. The van der Waals surface area contributed by atoms with Crippen molar-refractivity contribution in [3.63, 3.8) is 0 Å². The van der Waals surface area contributed by atoms with Crippen LogP contribution < -0.4 is 0 Å². The van der Waals surface area contributed by atoms with E-state index in [-0.39, 0.29) is 0 Å². The van der Waals surface area contributed by atoms with Gasteiger partial charge >= 0.3 is 0 Å². The van der Waals surface area contributed by atoms with Gasteiger partial charge in [0.25, 0.3) is 0 Å². The number of rotatable bonds is 5. The molecule has 1 N–H and O–H groups in total. The monoisotopic (exact) mass is 415 g/mol. The Morgan fingerprint density at radius 2 is 1.47 bits per heavy atom. The van der Waals surface area contributed by atoms with Crippen LogP contribution in [0, 0.1) is 0 Å². The van der Waals surface area contributed by atoms with Crippen LogP contribution >= 0.6 is 11.6 Å². The van der Waals surface area contributed by atoms with Gasteiger partial charge < -0.3 is 4.98 Å². The fourth-order valence-electron chi connectivity index (χ4n) is 3.83. The normalized spacial score (nSPS) is 11.4. The zero-order valence-corrected chi connectivity index (χ0v) is 18.5. The highest BCUT2D eigenvalue weighted by Crippen LogP contribution is 2.38. The van der Waals surface area contributed by atoms with Crippen LogP contribution in [0.1, 0.15) is 50.7 Å². The molecule has 4 heteroatoms. The molecule has 0 bridgehead atoms. The second-order valence-corrected chi connectivity index (χ2v) is 8.59. The number of nitrogens with zero attached hydrogens (tertiary/aromatic N) is 2. The second kappa shape index (κ2) is 8.45. The molecule has 0 aliphatic rings. The van der Waals surface area contributed by atoms with E-state index < -0.39 is 0 Å². The summed E-state index contributed by atoms with van der Waals surface area (Å²) in [5, 5.41) is 0.713. The molecule has 0 spiro atoms. The molecule has 2 aromatic heterocycles. The number of pyridine rings is 1. The van der Waals surface area contributed by atoms with Gasteiger partial charge in [-0.3, -0.25) is 4.98 Å². The van der Waals surface area contributed by atoms with E-state index in [1.54, 1.807) is 6.20 Å². The molecule has 0 radical (unpaired) electrons. The Hall–Kier alpha value is -2.91. The van der Waals surface area contributed by atoms with Gasteiger partial charge in [-0.25, -0.2) is 4.98 Å². The number of hydrogen-bond donors (Lipinski definition) is 1. The lowest BCUT2D eigenvalue weighted by Crippen LogP contribution is -2.00. The molecular formula is C26H26ClN3. The van der Waals surface area contributed by atoms with Crippen LogP contribution in [-0.4, -0.2) is 15.0 Å². The van der Waals surface area contributed by atoms with E-state index in [1.807, 2.05) is 42.5 Å². The summed E-state index contributed by atoms with van der Waals surface area (Å²) < 4.78 is 0. The van der Waals surface area contributed by atoms with Crippen molar-refractivity contribution in [2.75, 3.05) is 0 Å². The highest BCUT2D eigenvalue weighted by molar-refractivity contribution is 6.30. The summed E-state index contributed by atoms with van der Waals surface area (Å²) in [5.74, 6) is 1.66. The topological polar surface area (TPSA) is 41.6 Å². The van der Waals surface area contributed by atoms with Gasteiger partial charge in [-0.2, -0.15) is 0 Å². The third-order valence-corrected chi connectivity index (χ3v) is 5.61. The van der Waals surface area contributed by atoms with E-state index in [0.29, 0.717) is 16.9 Å². The molecule has 2 heterocycles. The van der Waals surface area contributed by atoms with Crippen molar-refractivity contribution in [3.05, 3.63) is 83.0 Å². The smallest absolute Gasteiger partial charge is 0.139 e. The summed E-state index contributed by atoms with van der Waals surface area (Å²) >= 11 is 6.13. The summed E-state index contributed by atoms with van der Waals surface area (Å²) in [4.78, 5) is 13.3. The lowest BCUT2D eigenvalue weighted by molar-refractivity contribution is 0.835. The van der Waals surface area contributed by atoms with Crippen molar-refractivity contribution in [1.29, 1.82) is 0 Å². The van der Waals surface area contributed by atoms with Gasteiger partial charge in [0.05, 0.1) is 11.4 Å². The Morgan fingerprint density at radius 1 is 0.800 bits per heavy atom. The minimum absolute atomic E-state index is 0.390. The second-order valence-electron chi connectivity index (χ2n) is 8.15. The molecule has 4 rings (SSSR count). The number of imidazole rings is 1. The Morgan fingerprint density at radius 3 is 2.03 bits per heavy atom. The van der Waals surface area contributed by atoms with Crippen LogP contribution in [-0.2, 0) is 0 Å². The standard InChI is InChI=1S/C26H26ClN3/c1-16(2)20-8-7-9-21(17(3)4)23(20)26-29-24(18-11-13-19(27)14-12-18)25(30-26)22-10-5-6-15-28-22/h5-17H,1-4H3,(H,29,30). The van der Waals surface area contributed by atoms with Crippen molar-refractivity contribution >= 4 is 11.6 Å². The average molecular weight is 416 g/mol. The van der Waals surface area contributed by atoms with Gasteiger partial charge in [0, 0.05) is 22.3 Å². The first-order valence-electron chi connectivity index (χ1n) is 10.4. The summed E-state index contributed by atoms with van der Waals surface area (Å²) in [5.41, 5.74) is 7.47. The largest absolute Gasteiger partial charge is 0.337 e. The zero-order chi connectivity index (χ0) is 21.3. The lowest BCUT2D eigenvalue weighted by atomic mass is 9.88. The quantitative estimate of drug-likeness (QED) is 0.362. The Labute approximate surface area is 183 Å². The first-order chi connectivity index (χ1) is 14.5. The maximum atomic E-state index is 6.13. The van der Waals surface area contributed by atoms with Crippen LogP contribution in [0.2, 0.25) is 5.02 Å². The van der Waals surface area contributed by atoms with Crippen molar-refractivity contribution in [2.45, 2.75) is 39.5 Å². The molecule has 30 heavy (non-hydrogen) atoms. The Balaban J connectivity index is 1.99. The van der Waals surface area contributed by atoms with Crippen LogP contribution in [0.4, 0.5) is 0 Å². The molecule has 152 valence electrons. The summed E-state index contributed by atoms with van der Waals surface area (Å²) in [6.45, 7) is 8.91.